The lowest BCUT2D eigenvalue weighted by atomic mass is 9.93. The molecule has 3 aromatic heterocycles. The zero-order chi connectivity index (χ0) is 30.5. The van der Waals surface area contributed by atoms with Crippen molar-refractivity contribution in [3.8, 4) is 45.2 Å². The van der Waals surface area contributed by atoms with Crippen molar-refractivity contribution in [3.63, 3.8) is 0 Å². The predicted molar refractivity (Wildman–Crippen MR) is 189 cm³/mol. The molecule has 4 heteroatoms. The minimum Gasteiger partial charge on any atom is -0.265 e. The van der Waals surface area contributed by atoms with Gasteiger partial charge in [-0.2, -0.15) is 0 Å². The van der Waals surface area contributed by atoms with E-state index in [9.17, 15) is 0 Å². The van der Waals surface area contributed by atoms with Gasteiger partial charge in [0.25, 0.3) is 0 Å². The Labute approximate surface area is 265 Å². The molecule has 0 radical (unpaired) electrons. The topological polar surface area (TPSA) is 51.6 Å². The minimum absolute atomic E-state index is 0.586. The van der Waals surface area contributed by atoms with E-state index < -0.39 is 0 Å². The molecule has 0 aliphatic carbocycles. The maximum atomic E-state index is 5.22. The van der Waals surface area contributed by atoms with Crippen molar-refractivity contribution >= 4 is 43.1 Å². The van der Waals surface area contributed by atoms with Gasteiger partial charge in [0.15, 0.2) is 5.82 Å². The van der Waals surface area contributed by atoms with Crippen LogP contribution in [0.4, 0.5) is 0 Å². The highest BCUT2D eigenvalue weighted by Crippen LogP contribution is 2.39. The van der Waals surface area contributed by atoms with Gasteiger partial charge in [-0.1, -0.05) is 103 Å². The van der Waals surface area contributed by atoms with Gasteiger partial charge in [0, 0.05) is 35.3 Å². The highest BCUT2D eigenvalue weighted by molar-refractivity contribution is 6.15. The van der Waals surface area contributed by atoms with Crippen LogP contribution in [0, 0.1) is 0 Å². The molecule has 0 N–H and O–H groups in total. The summed E-state index contributed by atoms with van der Waals surface area (Å²) >= 11 is 0. The van der Waals surface area contributed by atoms with Crippen LogP contribution in [0.2, 0.25) is 0 Å². The van der Waals surface area contributed by atoms with Gasteiger partial charge in [-0.3, -0.25) is 9.97 Å². The standard InChI is InChI=1S/C42H26N4/c1-3-11-31-28(9-1)23-37(35-15-7-5-13-33(31)35)40-25-41(38-24-29-10-2-4-12-32(29)34-14-6-8-16-36(34)38)46-42(45-40)39-18-17-30(26-44-39)27-19-21-43-22-20-27/h1-26H. The number of aromatic nitrogens is 4. The second-order valence-electron chi connectivity index (χ2n) is 11.5. The van der Waals surface area contributed by atoms with Crippen LogP contribution in [0.25, 0.3) is 88.2 Å². The predicted octanol–water partition coefficient (Wildman–Crippen LogP) is 10.5. The van der Waals surface area contributed by atoms with Crippen molar-refractivity contribution in [3.05, 3.63) is 158 Å². The molecule has 0 fully saturated rings. The Morgan fingerprint density at radius 3 is 1.39 bits per heavy atom. The van der Waals surface area contributed by atoms with Crippen molar-refractivity contribution in [2.24, 2.45) is 0 Å². The fraction of sp³-hybridized carbons (Fsp3) is 0. The highest BCUT2D eigenvalue weighted by atomic mass is 14.9. The van der Waals surface area contributed by atoms with Crippen molar-refractivity contribution < 1.29 is 0 Å². The van der Waals surface area contributed by atoms with Crippen molar-refractivity contribution in [1.82, 2.24) is 19.9 Å². The average molecular weight is 587 g/mol. The highest BCUT2D eigenvalue weighted by Gasteiger charge is 2.17. The van der Waals surface area contributed by atoms with Crippen LogP contribution in [0.15, 0.2) is 158 Å². The molecule has 0 amide bonds. The summed E-state index contributed by atoms with van der Waals surface area (Å²) in [5, 5.41) is 9.52. The van der Waals surface area contributed by atoms with Crippen molar-refractivity contribution in [2.45, 2.75) is 0 Å². The molecule has 214 valence electrons. The Bertz CT molecular complexity index is 2440. The molecule has 6 aromatic carbocycles. The molecule has 0 saturated heterocycles. The lowest BCUT2D eigenvalue weighted by Gasteiger charge is -2.15. The summed E-state index contributed by atoms with van der Waals surface area (Å²) in [6.45, 7) is 0. The summed E-state index contributed by atoms with van der Waals surface area (Å²) in [6.07, 6.45) is 5.48. The van der Waals surface area contributed by atoms with Gasteiger partial charge in [0.05, 0.1) is 11.4 Å². The molecule has 0 aliphatic heterocycles. The summed E-state index contributed by atoms with van der Waals surface area (Å²) in [7, 11) is 0. The first-order valence-electron chi connectivity index (χ1n) is 15.4. The number of fused-ring (bicyclic) bond motifs is 6. The summed E-state index contributed by atoms with van der Waals surface area (Å²) < 4.78 is 0. The van der Waals surface area contributed by atoms with Gasteiger partial charge in [-0.05, 0) is 85.1 Å². The zero-order valence-electron chi connectivity index (χ0n) is 24.8. The minimum atomic E-state index is 0.586. The Hall–Kier alpha value is -6.26. The lowest BCUT2D eigenvalue weighted by molar-refractivity contribution is 1.15. The lowest BCUT2D eigenvalue weighted by Crippen LogP contribution is -1.99. The average Bonchev–Trinajstić information content (AvgIpc) is 3.14. The molecule has 0 bridgehead atoms. The van der Waals surface area contributed by atoms with E-state index in [1.165, 1.54) is 32.3 Å². The van der Waals surface area contributed by atoms with E-state index in [1.54, 1.807) is 12.4 Å². The number of hydrogen-bond acceptors (Lipinski definition) is 4. The first kappa shape index (κ1) is 26.2. The van der Waals surface area contributed by atoms with Gasteiger partial charge in [-0.15, -0.1) is 0 Å². The number of hydrogen-bond donors (Lipinski definition) is 0. The monoisotopic (exact) mass is 586 g/mol. The summed E-state index contributed by atoms with van der Waals surface area (Å²) in [5.74, 6) is 0.586. The van der Waals surface area contributed by atoms with E-state index >= 15 is 0 Å². The molecule has 4 nitrogen and oxygen atoms in total. The zero-order valence-corrected chi connectivity index (χ0v) is 24.8. The molecule has 0 saturated carbocycles. The summed E-state index contributed by atoms with van der Waals surface area (Å²) in [5.41, 5.74) is 6.66. The summed E-state index contributed by atoms with van der Waals surface area (Å²) in [4.78, 5) is 19.5. The first-order chi connectivity index (χ1) is 22.8. The maximum Gasteiger partial charge on any atom is 0.179 e. The van der Waals surface area contributed by atoms with Crippen LogP contribution < -0.4 is 0 Å². The normalized spacial score (nSPS) is 11.5. The molecule has 3 heterocycles. The Kier molecular flexibility index (Phi) is 6.10. The number of benzene rings is 6. The van der Waals surface area contributed by atoms with E-state index in [0.29, 0.717) is 5.82 Å². The Morgan fingerprint density at radius 2 is 0.870 bits per heavy atom. The molecule has 0 spiro atoms. The van der Waals surface area contributed by atoms with Gasteiger partial charge in [-0.25, -0.2) is 9.97 Å². The van der Waals surface area contributed by atoms with Gasteiger partial charge >= 0.3 is 0 Å². The van der Waals surface area contributed by atoms with Crippen LogP contribution in [-0.2, 0) is 0 Å². The third kappa shape index (κ3) is 4.39. The first-order valence-corrected chi connectivity index (χ1v) is 15.4. The third-order valence-corrected chi connectivity index (χ3v) is 8.82. The molecule has 9 aromatic rings. The molecule has 9 rings (SSSR count). The van der Waals surface area contributed by atoms with Crippen LogP contribution in [0.1, 0.15) is 0 Å². The number of rotatable bonds is 4. The van der Waals surface area contributed by atoms with E-state index in [1.807, 2.05) is 24.4 Å². The quantitative estimate of drug-likeness (QED) is 0.193. The second kappa shape index (κ2) is 10.7. The van der Waals surface area contributed by atoms with Gasteiger partial charge in [0.1, 0.15) is 5.69 Å². The van der Waals surface area contributed by atoms with Crippen LogP contribution >= 0.6 is 0 Å². The molecule has 46 heavy (non-hydrogen) atoms. The van der Waals surface area contributed by atoms with Gasteiger partial charge < -0.3 is 0 Å². The van der Waals surface area contributed by atoms with Crippen LogP contribution in [0.3, 0.4) is 0 Å². The molecule has 0 aliphatic rings. The molecule has 0 atom stereocenters. The molecule has 0 unspecified atom stereocenters. The number of pyridine rings is 2. The van der Waals surface area contributed by atoms with E-state index in [2.05, 4.69) is 126 Å². The third-order valence-electron chi connectivity index (χ3n) is 8.82. The van der Waals surface area contributed by atoms with E-state index in [0.717, 1.165) is 50.1 Å². The Balaban J connectivity index is 1.32. The SMILES string of the molecule is c1ccc2c(c1)cc(-c1cc(-c3cc4ccccc4c4ccccc34)nc(-c3ccc(-c4ccncc4)cn3)n1)c1ccccc12. The smallest absolute Gasteiger partial charge is 0.179 e. The fourth-order valence-corrected chi connectivity index (χ4v) is 6.61. The molecular weight excluding hydrogens is 560 g/mol. The Morgan fingerprint density at radius 1 is 0.370 bits per heavy atom. The second-order valence-corrected chi connectivity index (χ2v) is 11.5. The van der Waals surface area contributed by atoms with E-state index in [-0.39, 0.29) is 0 Å². The van der Waals surface area contributed by atoms with E-state index in [4.69, 9.17) is 15.0 Å². The van der Waals surface area contributed by atoms with Crippen LogP contribution in [0.5, 0.6) is 0 Å². The van der Waals surface area contributed by atoms with Crippen molar-refractivity contribution in [1.29, 1.82) is 0 Å². The molecular formula is C42H26N4. The van der Waals surface area contributed by atoms with Gasteiger partial charge in [0.2, 0.25) is 0 Å². The number of nitrogens with zero attached hydrogens (tertiary/aromatic N) is 4. The maximum absolute atomic E-state index is 5.22. The largest absolute Gasteiger partial charge is 0.265 e. The van der Waals surface area contributed by atoms with Crippen molar-refractivity contribution in [2.75, 3.05) is 0 Å². The van der Waals surface area contributed by atoms with Crippen LogP contribution in [-0.4, -0.2) is 19.9 Å². The summed E-state index contributed by atoms with van der Waals surface area (Å²) in [6, 6.07) is 49.0. The fourth-order valence-electron chi connectivity index (χ4n) is 6.61.